The Morgan fingerprint density at radius 1 is 1.18 bits per heavy atom. The van der Waals surface area contributed by atoms with Crippen LogP contribution in [0.4, 0.5) is 13.2 Å². The number of amides is 2. The fraction of sp³-hybridized carbons (Fsp3) is 0.435. The van der Waals surface area contributed by atoms with Gasteiger partial charge in [-0.1, -0.05) is 0 Å². The van der Waals surface area contributed by atoms with E-state index in [9.17, 15) is 27.6 Å². The molecule has 34 heavy (non-hydrogen) atoms. The number of carbonyl (C=O) groups is 2. The van der Waals surface area contributed by atoms with E-state index >= 15 is 0 Å². The average Bonchev–Trinajstić information content (AvgIpc) is 3.53. The maximum absolute atomic E-state index is 13.9. The van der Waals surface area contributed by atoms with Gasteiger partial charge < -0.3 is 24.3 Å². The molecule has 5 atom stereocenters. The van der Waals surface area contributed by atoms with Crippen molar-refractivity contribution >= 4 is 11.8 Å². The molecule has 178 valence electrons. The summed E-state index contributed by atoms with van der Waals surface area (Å²) in [5.41, 5.74) is -1.67. The molecule has 1 aromatic heterocycles. The van der Waals surface area contributed by atoms with E-state index in [-0.39, 0.29) is 41.6 Å². The lowest BCUT2D eigenvalue weighted by Crippen LogP contribution is -2.58. The second-order valence-electron chi connectivity index (χ2n) is 9.14. The number of ether oxygens (including phenoxy) is 2. The van der Waals surface area contributed by atoms with Crippen molar-refractivity contribution in [2.24, 2.45) is 11.8 Å². The predicted molar refractivity (Wildman–Crippen MR) is 110 cm³/mol. The molecule has 3 heterocycles. The highest BCUT2D eigenvalue weighted by molar-refractivity contribution is 5.99. The molecule has 2 aliphatic heterocycles. The summed E-state index contributed by atoms with van der Waals surface area (Å²) in [6.45, 7) is -0.392. The van der Waals surface area contributed by atoms with Crippen LogP contribution >= 0.6 is 0 Å². The van der Waals surface area contributed by atoms with Crippen LogP contribution in [0.15, 0.2) is 23.1 Å². The minimum absolute atomic E-state index is 0.0436. The van der Waals surface area contributed by atoms with Gasteiger partial charge in [-0.05, 0) is 24.7 Å². The number of fused-ring (bicyclic) bond motifs is 8. The van der Waals surface area contributed by atoms with Gasteiger partial charge >= 0.3 is 0 Å². The number of rotatable bonds is 4. The SMILES string of the molecule is COc1c2n(cc(C(=O)NCc3c(F)cc(F)cc3F)c1=O)CC1O[C@H]3C[C@H](C4C[C@@H]43)N1C2=O. The Kier molecular flexibility index (Phi) is 4.57. The third kappa shape index (κ3) is 2.99. The van der Waals surface area contributed by atoms with Crippen LogP contribution in [-0.2, 0) is 17.8 Å². The second kappa shape index (κ2) is 7.33. The summed E-state index contributed by atoms with van der Waals surface area (Å²) < 4.78 is 53.8. The zero-order chi connectivity index (χ0) is 23.9. The van der Waals surface area contributed by atoms with Crippen molar-refractivity contribution in [3.05, 3.63) is 62.8 Å². The van der Waals surface area contributed by atoms with Crippen LogP contribution in [0.25, 0.3) is 0 Å². The summed E-state index contributed by atoms with van der Waals surface area (Å²) in [5.74, 6) is -4.11. The number of benzene rings is 1. The number of nitrogens with one attached hydrogen (secondary N) is 1. The minimum atomic E-state index is -1.16. The Morgan fingerprint density at radius 2 is 1.91 bits per heavy atom. The predicted octanol–water partition coefficient (Wildman–Crippen LogP) is 1.79. The highest BCUT2D eigenvalue weighted by Gasteiger charge is 2.63. The standard InChI is InChI=1S/C23H20F3N3O5/c1-33-21-19-23(32)29-16-5-17(11-4-10(11)16)34-18(29)8-28(19)7-13(20(21)30)22(31)27-6-12-14(25)2-9(24)3-15(12)26/h2-3,7,10-11,16-18H,4-6,8H2,1H3,(H,27,31)/t10?,11-,16+,17-,18?/m0/s1. The normalized spacial score (nSPS) is 28.2. The number of halogens is 3. The maximum Gasteiger partial charge on any atom is 0.276 e. The molecular weight excluding hydrogens is 455 g/mol. The first-order valence-electron chi connectivity index (χ1n) is 11.0. The molecular formula is C23H20F3N3O5. The van der Waals surface area contributed by atoms with Crippen LogP contribution in [0.3, 0.4) is 0 Å². The summed E-state index contributed by atoms with van der Waals surface area (Å²) in [5, 5.41) is 2.28. The van der Waals surface area contributed by atoms with Crippen molar-refractivity contribution in [1.82, 2.24) is 14.8 Å². The molecule has 2 saturated carbocycles. The van der Waals surface area contributed by atoms with Crippen molar-refractivity contribution in [2.75, 3.05) is 7.11 Å². The summed E-state index contributed by atoms with van der Waals surface area (Å²) >= 11 is 0. The second-order valence-corrected chi connectivity index (χ2v) is 9.14. The molecule has 3 fully saturated rings. The molecule has 0 radical (unpaired) electrons. The van der Waals surface area contributed by atoms with Crippen LogP contribution in [0.5, 0.6) is 5.75 Å². The smallest absolute Gasteiger partial charge is 0.276 e. The zero-order valence-corrected chi connectivity index (χ0v) is 18.0. The van der Waals surface area contributed by atoms with E-state index in [1.807, 2.05) is 0 Å². The van der Waals surface area contributed by atoms with Gasteiger partial charge in [-0.25, -0.2) is 13.2 Å². The maximum atomic E-state index is 13.9. The Morgan fingerprint density at radius 3 is 2.62 bits per heavy atom. The van der Waals surface area contributed by atoms with Crippen LogP contribution < -0.4 is 15.5 Å². The topological polar surface area (TPSA) is 89.9 Å². The lowest BCUT2D eigenvalue weighted by Gasteiger charge is -2.45. The Hall–Kier alpha value is -3.34. The molecule has 2 unspecified atom stereocenters. The van der Waals surface area contributed by atoms with E-state index in [0.29, 0.717) is 24.0 Å². The Balaban J connectivity index is 1.32. The summed E-state index contributed by atoms with van der Waals surface area (Å²) in [6.07, 6.45) is 2.64. The quantitative estimate of drug-likeness (QED) is 0.729. The fourth-order valence-electron chi connectivity index (χ4n) is 5.71. The monoisotopic (exact) mass is 475 g/mol. The molecule has 1 N–H and O–H groups in total. The van der Waals surface area contributed by atoms with Crippen LogP contribution in [0.2, 0.25) is 0 Å². The highest BCUT2D eigenvalue weighted by atomic mass is 19.1. The minimum Gasteiger partial charge on any atom is -0.491 e. The van der Waals surface area contributed by atoms with E-state index in [0.717, 1.165) is 12.8 Å². The Labute approximate surface area is 191 Å². The number of carbonyl (C=O) groups excluding carboxylic acids is 2. The zero-order valence-electron chi connectivity index (χ0n) is 18.0. The number of aromatic nitrogens is 1. The number of methoxy groups -OCH3 is 1. The Bertz CT molecular complexity index is 1290. The van der Waals surface area contributed by atoms with Gasteiger partial charge in [0, 0.05) is 36.5 Å². The molecule has 2 amide bonds. The number of nitrogens with zero attached hydrogens (tertiary/aromatic N) is 2. The van der Waals surface area contributed by atoms with Gasteiger partial charge in [0.15, 0.2) is 17.7 Å². The summed E-state index contributed by atoms with van der Waals surface area (Å²) in [7, 11) is 1.23. The molecule has 2 aromatic rings. The number of pyridine rings is 1. The van der Waals surface area contributed by atoms with E-state index in [1.165, 1.54) is 17.9 Å². The number of hydrogen-bond donors (Lipinski definition) is 1. The van der Waals surface area contributed by atoms with Gasteiger partial charge in [0.2, 0.25) is 5.43 Å². The molecule has 1 aromatic carbocycles. The first-order chi connectivity index (χ1) is 16.3. The fourth-order valence-corrected chi connectivity index (χ4v) is 5.71. The van der Waals surface area contributed by atoms with Crippen LogP contribution in [-0.4, -0.2) is 46.8 Å². The average molecular weight is 475 g/mol. The van der Waals surface area contributed by atoms with Crippen LogP contribution in [0, 0.1) is 29.3 Å². The number of hydrogen-bond acceptors (Lipinski definition) is 5. The van der Waals surface area contributed by atoms with Crippen molar-refractivity contribution in [3.8, 4) is 5.75 Å². The van der Waals surface area contributed by atoms with Crippen molar-refractivity contribution in [2.45, 2.75) is 44.3 Å². The highest BCUT2D eigenvalue weighted by Crippen LogP contribution is 2.58. The summed E-state index contributed by atoms with van der Waals surface area (Å²) in [4.78, 5) is 40.9. The van der Waals surface area contributed by atoms with Crippen molar-refractivity contribution in [1.29, 1.82) is 0 Å². The molecule has 8 nitrogen and oxygen atoms in total. The van der Waals surface area contributed by atoms with E-state index in [2.05, 4.69) is 5.32 Å². The van der Waals surface area contributed by atoms with Crippen molar-refractivity contribution in [3.63, 3.8) is 0 Å². The third-order valence-corrected chi connectivity index (χ3v) is 7.34. The molecule has 2 aliphatic carbocycles. The largest absolute Gasteiger partial charge is 0.491 e. The third-order valence-electron chi connectivity index (χ3n) is 7.34. The van der Waals surface area contributed by atoms with Gasteiger partial charge in [-0.2, -0.15) is 0 Å². The first-order valence-corrected chi connectivity index (χ1v) is 11.0. The molecule has 1 saturated heterocycles. The van der Waals surface area contributed by atoms with Gasteiger partial charge in [-0.3, -0.25) is 14.4 Å². The van der Waals surface area contributed by atoms with E-state index in [4.69, 9.17) is 9.47 Å². The van der Waals surface area contributed by atoms with Gasteiger partial charge in [0.25, 0.3) is 11.8 Å². The van der Waals surface area contributed by atoms with Crippen molar-refractivity contribution < 1.29 is 32.2 Å². The lowest BCUT2D eigenvalue weighted by molar-refractivity contribution is -0.144. The molecule has 11 heteroatoms. The van der Waals surface area contributed by atoms with E-state index in [1.54, 1.807) is 4.90 Å². The van der Waals surface area contributed by atoms with Crippen LogP contribution in [0.1, 0.15) is 39.3 Å². The van der Waals surface area contributed by atoms with Gasteiger partial charge in [-0.15, -0.1) is 0 Å². The van der Waals surface area contributed by atoms with Gasteiger partial charge in [0.05, 0.1) is 19.8 Å². The van der Waals surface area contributed by atoms with E-state index < -0.39 is 47.1 Å². The summed E-state index contributed by atoms with van der Waals surface area (Å²) in [6, 6.07) is 1.07. The molecule has 0 spiro atoms. The van der Waals surface area contributed by atoms with Gasteiger partial charge in [0.1, 0.15) is 23.0 Å². The first kappa shape index (κ1) is 21.2. The molecule has 2 bridgehead atoms. The molecule has 4 aliphatic rings. The molecule has 6 rings (SSSR count). The lowest BCUT2D eigenvalue weighted by atomic mass is 10.0.